The molecular formula is C59H47N. The van der Waals surface area contributed by atoms with Gasteiger partial charge < -0.3 is 4.90 Å². The van der Waals surface area contributed by atoms with Crippen molar-refractivity contribution >= 4 is 38.6 Å². The van der Waals surface area contributed by atoms with Crippen molar-refractivity contribution in [2.24, 2.45) is 0 Å². The maximum atomic E-state index is 2.59. The summed E-state index contributed by atoms with van der Waals surface area (Å²) < 4.78 is 0. The Morgan fingerprint density at radius 3 is 1.50 bits per heavy atom. The molecule has 0 saturated heterocycles. The van der Waals surface area contributed by atoms with Crippen LogP contribution in [0.5, 0.6) is 0 Å². The van der Waals surface area contributed by atoms with Gasteiger partial charge >= 0.3 is 0 Å². The molecule has 3 aliphatic rings. The molecule has 0 spiro atoms. The van der Waals surface area contributed by atoms with Crippen LogP contribution in [0.2, 0.25) is 0 Å². The molecule has 9 aromatic rings. The molecule has 0 aliphatic heterocycles. The molecule has 0 amide bonds. The SMILES string of the molecule is CC1(C)c2ccccc2-c2ccc(N(c3ccc4c(c3)C(C)(C)c3ccccc3-4)c3cccc4c3C(C)(C)c3cccc5ccc(-c6ccc7ccccc7c6)c-4c35)cc21. The Kier molecular flexibility index (Phi) is 7.16. The van der Waals surface area contributed by atoms with Crippen LogP contribution in [0.15, 0.2) is 176 Å². The lowest BCUT2D eigenvalue weighted by atomic mass is 9.66. The third-order valence-corrected chi connectivity index (χ3v) is 14.6. The molecule has 0 atom stereocenters. The van der Waals surface area contributed by atoms with Gasteiger partial charge in [0.15, 0.2) is 0 Å². The second kappa shape index (κ2) is 12.2. The van der Waals surface area contributed by atoms with Gasteiger partial charge in [0.25, 0.3) is 0 Å². The van der Waals surface area contributed by atoms with E-state index in [0.717, 1.165) is 0 Å². The van der Waals surface area contributed by atoms with E-state index in [1.54, 1.807) is 0 Å². The van der Waals surface area contributed by atoms with Crippen LogP contribution >= 0.6 is 0 Å². The first-order chi connectivity index (χ1) is 29.0. The van der Waals surface area contributed by atoms with Gasteiger partial charge in [-0.3, -0.25) is 0 Å². The van der Waals surface area contributed by atoms with E-state index in [4.69, 9.17) is 0 Å². The highest BCUT2D eigenvalue weighted by Crippen LogP contribution is 2.58. The average molecular weight is 770 g/mol. The van der Waals surface area contributed by atoms with Gasteiger partial charge in [0.2, 0.25) is 0 Å². The number of fused-ring (bicyclic) bond motifs is 9. The van der Waals surface area contributed by atoms with Crippen LogP contribution in [-0.2, 0) is 16.2 Å². The van der Waals surface area contributed by atoms with E-state index in [9.17, 15) is 0 Å². The molecule has 0 radical (unpaired) electrons. The maximum absolute atomic E-state index is 2.59. The van der Waals surface area contributed by atoms with Crippen molar-refractivity contribution in [3.8, 4) is 44.5 Å². The Balaban J connectivity index is 1.14. The maximum Gasteiger partial charge on any atom is 0.0508 e. The van der Waals surface area contributed by atoms with Crippen LogP contribution in [0.3, 0.4) is 0 Å². The molecule has 288 valence electrons. The summed E-state index contributed by atoms with van der Waals surface area (Å²) in [5.41, 5.74) is 21.8. The van der Waals surface area contributed by atoms with Crippen molar-refractivity contribution in [1.82, 2.24) is 0 Å². The summed E-state index contributed by atoms with van der Waals surface area (Å²) in [5, 5.41) is 5.17. The van der Waals surface area contributed by atoms with E-state index in [1.807, 2.05) is 0 Å². The fourth-order valence-corrected chi connectivity index (χ4v) is 11.6. The Bertz CT molecular complexity index is 3190. The van der Waals surface area contributed by atoms with Gasteiger partial charge in [-0.1, -0.05) is 181 Å². The first-order valence-corrected chi connectivity index (χ1v) is 21.5. The summed E-state index contributed by atoms with van der Waals surface area (Å²) in [6, 6.07) is 66.8. The topological polar surface area (TPSA) is 3.24 Å². The Morgan fingerprint density at radius 1 is 0.333 bits per heavy atom. The van der Waals surface area contributed by atoms with Gasteiger partial charge in [-0.15, -0.1) is 0 Å². The molecule has 3 aliphatic carbocycles. The van der Waals surface area contributed by atoms with Crippen molar-refractivity contribution in [1.29, 1.82) is 0 Å². The third kappa shape index (κ3) is 4.69. The molecule has 0 bridgehead atoms. The second-order valence-electron chi connectivity index (χ2n) is 18.9. The number of benzene rings is 9. The highest BCUT2D eigenvalue weighted by atomic mass is 15.1. The monoisotopic (exact) mass is 769 g/mol. The molecule has 1 nitrogen and oxygen atoms in total. The number of nitrogens with zero attached hydrogens (tertiary/aromatic N) is 1. The fraction of sp³-hybridized carbons (Fsp3) is 0.153. The lowest BCUT2D eigenvalue weighted by molar-refractivity contribution is 0.645. The van der Waals surface area contributed by atoms with Crippen molar-refractivity contribution < 1.29 is 0 Å². The van der Waals surface area contributed by atoms with E-state index in [-0.39, 0.29) is 16.2 Å². The Labute approximate surface area is 353 Å². The zero-order valence-corrected chi connectivity index (χ0v) is 35.2. The number of anilines is 3. The van der Waals surface area contributed by atoms with Gasteiger partial charge in [0.1, 0.15) is 0 Å². The molecule has 0 N–H and O–H groups in total. The van der Waals surface area contributed by atoms with Crippen LogP contribution in [0.4, 0.5) is 17.1 Å². The minimum absolute atomic E-state index is 0.131. The van der Waals surface area contributed by atoms with Crippen molar-refractivity contribution in [3.05, 3.63) is 209 Å². The van der Waals surface area contributed by atoms with E-state index in [1.165, 1.54) is 116 Å². The zero-order chi connectivity index (χ0) is 40.7. The standard InChI is InChI=1S/C59H47N/c1-57(2)48-21-11-9-18-43(48)45-31-28-40(34-51(45)57)60(41-29-32-46-44-19-10-12-22-49(44)58(3,4)52(46)35-41)53-24-14-20-47-55-42(39-26-25-36-15-7-8-16-38(36)33-39)30-27-37-17-13-23-50(54(37)55)59(5,6)56(47)53/h7-35H,1-6H3. The minimum atomic E-state index is -0.308. The third-order valence-electron chi connectivity index (χ3n) is 14.6. The highest BCUT2D eigenvalue weighted by Gasteiger charge is 2.41. The molecule has 0 fully saturated rings. The van der Waals surface area contributed by atoms with E-state index in [2.05, 4.69) is 222 Å². The average Bonchev–Trinajstić information content (AvgIpc) is 3.64. The molecule has 0 saturated carbocycles. The molecule has 9 aromatic carbocycles. The predicted molar refractivity (Wildman–Crippen MR) is 254 cm³/mol. The van der Waals surface area contributed by atoms with Crippen molar-refractivity contribution in [3.63, 3.8) is 0 Å². The first-order valence-electron chi connectivity index (χ1n) is 21.5. The molecule has 1 heteroatoms. The van der Waals surface area contributed by atoms with E-state index >= 15 is 0 Å². The van der Waals surface area contributed by atoms with E-state index < -0.39 is 0 Å². The minimum Gasteiger partial charge on any atom is -0.310 e. The van der Waals surface area contributed by atoms with Gasteiger partial charge in [-0.2, -0.15) is 0 Å². The lowest BCUT2D eigenvalue weighted by Gasteiger charge is -2.40. The summed E-state index contributed by atoms with van der Waals surface area (Å²) in [4.78, 5) is 2.59. The van der Waals surface area contributed by atoms with E-state index in [0.29, 0.717) is 0 Å². The van der Waals surface area contributed by atoms with Gasteiger partial charge in [-0.05, 0) is 136 Å². The predicted octanol–water partition coefficient (Wildman–Crippen LogP) is 16.0. The van der Waals surface area contributed by atoms with Crippen molar-refractivity contribution in [2.45, 2.75) is 57.8 Å². The number of hydrogen-bond donors (Lipinski definition) is 0. The van der Waals surface area contributed by atoms with Gasteiger partial charge in [0, 0.05) is 27.6 Å². The molecule has 12 rings (SSSR count). The van der Waals surface area contributed by atoms with Crippen LogP contribution in [-0.4, -0.2) is 0 Å². The molecule has 0 heterocycles. The number of hydrogen-bond acceptors (Lipinski definition) is 1. The first kappa shape index (κ1) is 35.3. The summed E-state index contributed by atoms with van der Waals surface area (Å²) >= 11 is 0. The number of rotatable bonds is 4. The lowest BCUT2D eigenvalue weighted by Crippen LogP contribution is -2.27. The quantitative estimate of drug-likeness (QED) is 0.172. The van der Waals surface area contributed by atoms with Crippen molar-refractivity contribution in [2.75, 3.05) is 4.90 Å². The van der Waals surface area contributed by atoms with Crippen LogP contribution in [0, 0.1) is 0 Å². The molecule has 60 heavy (non-hydrogen) atoms. The summed E-state index contributed by atoms with van der Waals surface area (Å²) in [5.74, 6) is 0. The second-order valence-corrected chi connectivity index (χ2v) is 18.9. The van der Waals surface area contributed by atoms with Crippen LogP contribution < -0.4 is 4.90 Å². The Morgan fingerprint density at radius 2 is 0.833 bits per heavy atom. The summed E-state index contributed by atoms with van der Waals surface area (Å²) in [6.07, 6.45) is 0. The Hall–Kier alpha value is -6.70. The summed E-state index contributed by atoms with van der Waals surface area (Å²) in [7, 11) is 0. The van der Waals surface area contributed by atoms with Crippen LogP contribution in [0.25, 0.3) is 66.1 Å². The van der Waals surface area contributed by atoms with Gasteiger partial charge in [0.05, 0.1) is 5.69 Å². The van der Waals surface area contributed by atoms with Crippen LogP contribution in [0.1, 0.15) is 74.9 Å². The molecule has 0 unspecified atom stereocenters. The highest BCUT2D eigenvalue weighted by molar-refractivity contribution is 6.11. The largest absolute Gasteiger partial charge is 0.310 e. The van der Waals surface area contributed by atoms with Gasteiger partial charge in [-0.25, -0.2) is 0 Å². The zero-order valence-electron chi connectivity index (χ0n) is 35.2. The fourth-order valence-electron chi connectivity index (χ4n) is 11.6. The normalized spacial score (nSPS) is 15.6. The smallest absolute Gasteiger partial charge is 0.0508 e. The summed E-state index contributed by atoms with van der Waals surface area (Å²) in [6.45, 7) is 14.4. The molecular weight excluding hydrogens is 723 g/mol. The molecule has 0 aromatic heterocycles.